The number of nitrogens with two attached hydrogens (primary N) is 1. The van der Waals surface area contributed by atoms with E-state index in [1.54, 1.807) is 0 Å². The molecule has 1 rings (SSSR count). The van der Waals surface area contributed by atoms with Gasteiger partial charge in [-0.1, -0.05) is 35.9 Å². The molecule has 13 heavy (non-hydrogen) atoms. The number of rotatable bonds is 3. The minimum Gasteiger partial charge on any atom is -0.330 e. The van der Waals surface area contributed by atoms with Gasteiger partial charge in [-0.05, 0) is 37.1 Å². The van der Waals surface area contributed by atoms with Crippen LogP contribution in [0.15, 0.2) is 30.3 Å². The van der Waals surface area contributed by atoms with Gasteiger partial charge in [0.25, 0.3) is 0 Å². The second-order valence-corrected chi connectivity index (χ2v) is 3.35. The van der Waals surface area contributed by atoms with Crippen molar-refractivity contribution in [2.45, 2.75) is 13.3 Å². The number of hydrogen-bond acceptors (Lipinski definition) is 1. The van der Waals surface area contributed by atoms with Gasteiger partial charge in [0.1, 0.15) is 0 Å². The van der Waals surface area contributed by atoms with E-state index in [9.17, 15) is 0 Å². The maximum absolute atomic E-state index is 6.03. The quantitative estimate of drug-likeness (QED) is 0.788. The minimum atomic E-state index is 0.682. The largest absolute Gasteiger partial charge is 0.330 e. The molecule has 0 fully saturated rings. The fourth-order valence-corrected chi connectivity index (χ4v) is 1.48. The molecule has 2 heteroatoms. The molecule has 0 amide bonds. The Labute approximate surface area is 84.2 Å². The van der Waals surface area contributed by atoms with Gasteiger partial charge in [-0.2, -0.15) is 0 Å². The summed E-state index contributed by atoms with van der Waals surface area (Å²) in [5.41, 5.74) is 7.70. The van der Waals surface area contributed by atoms with Crippen molar-refractivity contribution >= 4 is 17.2 Å². The Balaban J connectivity index is 2.88. The van der Waals surface area contributed by atoms with Crippen molar-refractivity contribution in [1.29, 1.82) is 0 Å². The lowest BCUT2D eigenvalue weighted by molar-refractivity contribution is 1.01. The summed E-state index contributed by atoms with van der Waals surface area (Å²) in [6.07, 6.45) is 3.01. The zero-order valence-electron chi connectivity index (χ0n) is 7.76. The van der Waals surface area contributed by atoms with E-state index in [2.05, 4.69) is 13.0 Å². The third-order valence-corrected chi connectivity index (χ3v) is 2.25. The van der Waals surface area contributed by atoms with Crippen LogP contribution in [0.1, 0.15) is 18.9 Å². The molecular formula is C11H14ClN. The topological polar surface area (TPSA) is 26.0 Å². The van der Waals surface area contributed by atoms with Gasteiger partial charge < -0.3 is 5.73 Å². The monoisotopic (exact) mass is 195 g/mol. The number of halogens is 1. The first-order valence-corrected chi connectivity index (χ1v) is 4.75. The van der Waals surface area contributed by atoms with Crippen molar-refractivity contribution < 1.29 is 0 Å². The smallest absolute Gasteiger partial charge is 0.0480 e. The molecule has 0 spiro atoms. The fraction of sp³-hybridized carbons (Fsp3) is 0.273. The molecular weight excluding hydrogens is 182 g/mol. The second-order valence-electron chi connectivity index (χ2n) is 2.94. The molecule has 2 N–H and O–H groups in total. The van der Waals surface area contributed by atoms with Crippen molar-refractivity contribution in [3.8, 4) is 0 Å². The van der Waals surface area contributed by atoms with Gasteiger partial charge in [-0.3, -0.25) is 0 Å². The molecule has 0 aliphatic rings. The van der Waals surface area contributed by atoms with Gasteiger partial charge in [0.15, 0.2) is 0 Å². The molecule has 0 saturated heterocycles. The van der Waals surface area contributed by atoms with Gasteiger partial charge >= 0.3 is 0 Å². The Morgan fingerprint density at radius 1 is 1.46 bits per heavy atom. The molecule has 0 unspecified atom stereocenters. The lowest BCUT2D eigenvalue weighted by atomic mass is 10.1. The maximum Gasteiger partial charge on any atom is 0.0480 e. The first-order chi connectivity index (χ1) is 6.25. The third kappa shape index (κ3) is 2.87. The highest BCUT2D eigenvalue weighted by molar-refractivity contribution is 6.32. The van der Waals surface area contributed by atoms with Crippen LogP contribution in [0.4, 0.5) is 0 Å². The molecule has 0 aromatic heterocycles. The maximum atomic E-state index is 6.03. The Morgan fingerprint density at radius 3 is 2.77 bits per heavy atom. The van der Waals surface area contributed by atoms with Crippen molar-refractivity contribution in [2.75, 3.05) is 6.54 Å². The van der Waals surface area contributed by atoms with Crippen LogP contribution >= 0.6 is 11.6 Å². The van der Waals surface area contributed by atoms with E-state index < -0.39 is 0 Å². The van der Waals surface area contributed by atoms with Crippen LogP contribution < -0.4 is 5.73 Å². The van der Waals surface area contributed by atoms with Gasteiger partial charge in [-0.15, -0.1) is 0 Å². The fourth-order valence-electron chi connectivity index (χ4n) is 1.19. The van der Waals surface area contributed by atoms with Crippen molar-refractivity contribution in [3.63, 3.8) is 0 Å². The second kappa shape index (κ2) is 5.05. The third-order valence-electron chi connectivity index (χ3n) is 1.92. The summed E-state index contributed by atoms with van der Waals surface area (Å²) in [6.45, 7) is 2.73. The predicted molar refractivity (Wildman–Crippen MR) is 58.8 cm³/mol. The molecule has 1 nitrogen and oxygen atoms in total. The van der Waals surface area contributed by atoms with Gasteiger partial charge in [0.2, 0.25) is 0 Å². The average molecular weight is 196 g/mol. The summed E-state index contributed by atoms with van der Waals surface area (Å²) in [4.78, 5) is 0. The van der Waals surface area contributed by atoms with Crippen LogP contribution in [-0.2, 0) is 0 Å². The molecule has 0 aliphatic carbocycles. The van der Waals surface area contributed by atoms with E-state index in [0.29, 0.717) is 6.54 Å². The first kappa shape index (κ1) is 10.3. The Bertz CT molecular complexity index is 305. The van der Waals surface area contributed by atoms with Crippen LogP contribution in [0.3, 0.4) is 0 Å². The molecule has 70 valence electrons. The number of allylic oxidation sites excluding steroid dienone is 1. The molecule has 0 atom stereocenters. The van der Waals surface area contributed by atoms with Gasteiger partial charge in [-0.25, -0.2) is 0 Å². The van der Waals surface area contributed by atoms with E-state index in [1.165, 1.54) is 5.57 Å². The standard InChI is InChI=1S/C11H14ClN/c1-9(5-4-8-13)10-6-2-3-7-11(10)12/h2-3,5-7H,4,8,13H2,1H3. The zero-order chi connectivity index (χ0) is 9.68. The van der Waals surface area contributed by atoms with Crippen molar-refractivity contribution in [3.05, 3.63) is 40.9 Å². The minimum absolute atomic E-state index is 0.682. The zero-order valence-corrected chi connectivity index (χ0v) is 8.51. The van der Waals surface area contributed by atoms with E-state index in [4.69, 9.17) is 17.3 Å². The molecule has 1 aromatic rings. The van der Waals surface area contributed by atoms with Gasteiger partial charge in [0.05, 0.1) is 0 Å². The van der Waals surface area contributed by atoms with E-state index in [0.717, 1.165) is 17.0 Å². The average Bonchev–Trinajstić information content (AvgIpc) is 2.15. The highest BCUT2D eigenvalue weighted by Crippen LogP contribution is 2.22. The van der Waals surface area contributed by atoms with Crippen LogP contribution in [0.5, 0.6) is 0 Å². The van der Waals surface area contributed by atoms with Gasteiger partial charge in [0, 0.05) is 5.02 Å². The van der Waals surface area contributed by atoms with Crippen LogP contribution in [0, 0.1) is 0 Å². The molecule has 1 aromatic carbocycles. The Morgan fingerprint density at radius 2 is 2.15 bits per heavy atom. The van der Waals surface area contributed by atoms with Crippen LogP contribution in [-0.4, -0.2) is 6.54 Å². The van der Waals surface area contributed by atoms with E-state index in [-0.39, 0.29) is 0 Å². The van der Waals surface area contributed by atoms with E-state index in [1.807, 2.05) is 24.3 Å². The molecule has 0 saturated carbocycles. The lowest BCUT2D eigenvalue weighted by Gasteiger charge is -2.03. The highest BCUT2D eigenvalue weighted by atomic mass is 35.5. The highest BCUT2D eigenvalue weighted by Gasteiger charge is 1.99. The Kier molecular flexibility index (Phi) is 4.00. The molecule has 0 aliphatic heterocycles. The first-order valence-electron chi connectivity index (χ1n) is 4.37. The SMILES string of the molecule is CC(=CCCN)c1ccccc1Cl. The summed E-state index contributed by atoms with van der Waals surface area (Å²) in [6, 6.07) is 7.84. The lowest BCUT2D eigenvalue weighted by Crippen LogP contribution is -1.96. The summed E-state index contributed by atoms with van der Waals surface area (Å²) in [7, 11) is 0. The van der Waals surface area contributed by atoms with E-state index >= 15 is 0 Å². The van der Waals surface area contributed by atoms with Crippen LogP contribution in [0.2, 0.25) is 5.02 Å². The summed E-state index contributed by atoms with van der Waals surface area (Å²) < 4.78 is 0. The normalized spacial score (nSPS) is 11.8. The van der Waals surface area contributed by atoms with Crippen molar-refractivity contribution in [2.24, 2.45) is 5.73 Å². The van der Waals surface area contributed by atoms with Crippen molar-refractivity contribution in [1.82, 2.24) is 0 Å². The summed E-state index contributed by atoms with van der Waals surface area (Å²) in [5, 5.41) is 0.799. The summed E-state index contributed by atoms with van der Waals surface area (Å²) >= 11 is 6.03. The summed E-state index contributed by atoms with van der Waals surface area (Å²) in [5.74, 6) is 0. The predicted octanol–water partition coefficient (Wildman–Crippen LogP) is 3.09. The molecule has 0 bridgehead atoms. The number of benzene rings is 1. The number of hydrogen-bond donors (Lipinski definition) is 1. The Hall–Kier alpha value is -0.790. The molecule has 0 heterocycles. The molecule has 0 radical (unpaired) electrons. The van der Waals surface area contributed by atoms with Crippen LogP contribution in [0.25, 0.3) is 5.57 Å².